The van der Waals surface area contributed by atoms with Gasteiger partial charge in [0.25, 0.3) is 0 Å². The summed E-state index contributed by atoms with van der Waals surface area (Å²) in [7, 11) is 0. The molecule has 1 aromatic carbocycles. The predicted octanol–water partition coefficient (Wildman–Crippen LogP) is 3.94. The average molecular weight is 315 g/mol. The highest BCUT2D eigenvalue weighted by atomic mass is 32.1. The van der Waals surface area contributed by atoms with Gasteiger partial charge in [-0.15, -0.1) is 11.3 Å². The van der Waals surface area contributed by atoms with Crippen molar-refractivity contribution in [1.82, 2.24) is 15.1 Å². The number of hydrogen-bond donors (Lipinski definition) is 0. The van der Waals surface area contributed by atoms with Gasteiger partial charge >= 0.3 is 0 Å². The zero-order valence-electron chi connectivity index (χ0n) is 12.6. The van der Waals surface area contributed by atoms with Gasteiger partial charge in [0.1, 0.15) is 0 Å². The van der Waals surface area contributed by atoms with Crippen molar-refractivity contribution in [3.05, 3.63) is 29.1 Å². The Morgan fingerprint density at radius 1 is 1.27 bits per heavy atom. The molecule has 0 radical (unpaired) electrons. The molecule has 2 atom stereocenters. The number of aryl methyl sites for hydroxylation is 1. The fraction of sp³-hybridized carbons (Fsp3) is 0.438. The van der Waals surface area contributed by atoms with Gasteiger partial charge in [0, 0.05) is 18.1 Å². The monoisotopic (exact) mass is 315 g/mol. The van der Waals surface area contributed by atoms with Gasteiger partial charge in [0.15, 0.2) is 0 Å². The van der Waals surface area contributed by atoms with E-state index in [-0.39, 0.29) is 6.10 Å². The van der Waals surface area contributed by atoms with Crippen molar-refractivity contribution in [3.8, 4) is 11.4 Å². The Balaban J connectivity index is 1.64. The molecule has 0 aliphatic carbocycles. The van der Waals surface area contributed by atoms with Gasteiger partial charge in [-0.2, -0.15) is 4.98 Å². The first kappa shape index (κ1) is 13.8. The summed E-state index contributed by atoms with van der Waals surface area (Å²) in [6, 6.07) is 6.10. The first-order chi connectivity index (χ1) is 10.7. The van der Waals surface area contributed by atoms with E-state index in [9.17, 15) is 0 Å². The average Bonchev–Trinajstić information content (AvgIpc) is 3.11. The lowest BCUT2D eigenvalue weighted by Gasteiger charge is -2.24. The lowest BCUT2D eigenvalue weighted by Crippen LogP contribution is -2.21. The zero-order chi connectivity index (χ0) is 15.1. The third-order valence-corrected chi connectivity index (χ3v) is 4.96. The van der Waals surface area contributed by atoms with Gasteiger partial charge in [-0.1, -0.05) is 5.16 Å². The lowest BCUT2D eigenvalue weighted by atomic mass is 9.96. The Kier molecular flexibility index (Phi) is 3.43. The number of rotatable bonds is 2. The van der Waals surface area contributed by atoms with E-state index in [2.05, 4.69) is 28.1 Å². The molecular weight excluding hydrogens is 298 g/mol. The van der Waals surface area contributed by atoms with E-state index in [1.54, 1.807) is 11.3 Å². The van der Waals surface area contributed by atoms with Gasteiger partial charge < -0.3 is 9.26 Å². The highest BCUT2D eigenvalue weighted by Crippen LogP contribution is 2.31. The standard InChI is InChI=1S/C16H17N3O2S/c1-9-7-12(5-6-20-9)16-18-15(19-21-16)11-3-4-13-14(8-11)22-10(2)17-13/h3-4,8-9,12H,5-7H2,1-2H3/t9-,12+/m0/s1. The normalized spacial score (nSPS) is 22.3. The zero-order valence-corrected chi connectivity index (χ0v) is 13.4. The largest absolute Gasteiger partial charge is 0.378 e. The summed E-state index contributed by atoms with van der Waals surface area (Å²) in [5.41, 5.74) is 2.00. The fourth-order valence-electron chi connectivity index (χ4n) is 2.92. The molecule has 3 heterocycles. The molecule has 0 unspecified atom stereocenters. The van der Waals surface area contributed by atoms with Gasteiger partial charge in [-0.05, 0) is 44.9 Å². The molecule has 5 nitrogen and oxygen atoms in total. The number of fused-ring (bicyclic) bond motifs is 1. The van der Waals surface area contributed by atoms with E-state index in [1.165, 1.54) is 0 Å². The van der Waals surface area contributed by atoms with Gasteiger partial charge in [0.2, 0.25) is 11.7 Å². The lowest BCUT2D eigenvalue weighted by molar-refractivity contribution is 0.0134. The Morgan fingerprint density at radius 3 is 3.05 bits per heavy atom. The molecule has 1 aliphatic rings. The van der Waals surface area contributed by atoms with Crippen LogP contribution >= 0.6 is 11.3 Å². The van der Waals surface area contributed by atoms with Gasteiger partial charge in [-0.25, -0.2) is 4.98 Å². The maximum Gasteiger partial charge on any atom is 0.230 e. The van der Waals surface area contributed by atoms with Crippen LogP contribution in [0.15, 0.2) is 22.7 Å². The first-order valence-corrected chi connectivity index (χ1v) is 8.33. The van der Waals surface area contributed by atoms with Crippen LogP contribution in [-0.2, 0) is 4.74 Å². The van der Waals surface area contributed by atoms with E-state index < -0.39 is 0 Å². The number of nitrogens with zero attached hydrogens (tertiary/aromatic N) is 3. The molecule has 1 fully saturated rings. The smallest absolute Gasteiger partial charge is 0.230 e. The van der Waals surface area contributed by atoms with Crippen molar-refractivity contribution >= 4 is 21.6 Å². The Morgan fingerprint density at radius 2 is 2.18 bits per heavy atom. The quantitative estimate of drug-likeness (QED) is 0.717. The second-order valence-corrected chi connectivity index (χ2v) is 7.01. The molecule has 114 valence electrons. The maximum atomic E-state index is 5.58. The molecule has 0 N–H and O–H groups in total. The number of thiazole rings is 1. The SMILES string of the molecule is Cc1nc2ccc(-c3noc([C@@H]4CCO[C@@H](C)C4)n3)cc2s1. The number of benzene rings is 1. The molecule has 1 saturated heterocycles. The third kappa shape index (κ3) is 2.53. The molecule has 0 saturated carbocycles. The third-order valence-electron chi connectivity index (χ3n) is 4.03. The summed E-state index contributed by atoms with van der Waals surface area (Å²) in [6.45, 7) is 4.86. The summed E-state index contributed by atoms with van der Waals surface area (Å²) in [6.07, 6.45) is 2.14. The summed E-state index contributed by atoms with van der Waals surface area (Å²) in [5.74, 6) is 1.69. The van der Waals surface area contributed by atoms with Gasteiger partial charge in [0.05, 0.1) is 21.3 Å². The minimum absolute atomic E-state index is 0.255. The highest BCUT2D eigenvalue weighted by molar-refractivity contribution is 7.18. The molecule has 0 amide bonds. The molecule has 0 spiro atoms. The van der Waals surface area contributed by atoms with Crippen LogP contribution in [0.2, 0.25) is 0 Å². The Labute approximate surface area is 132 Å². The summed E-state index contributed by atoms with van der Waals surface area (Å²) in [4.78, 5) is 9.08. The fourth-order valence-corrected chi connectivity index (χ4v) is 3.79. The Hall–Kier alpha value is -1.79. The van der Waals surface area contributed by atoms with Crippen LogP contribution in [-0.4, -0.2) is 27.8 Å². The Bertz CT molecular complexity index is 811. The van der Waals surface area contributed by atoms with Crippen LogP contribution in [0.3, 0.4) is 0 Å². The van der Waals surface area contributed by atoms with Crippen molar-refractivity contribution in [2.24, 2.45) is 0 Å². The first-order valence-electron chi connectivity index (χ1n) is 7.52. The molecule has 6 heteroatoms. The maximum absolute atomic E-state index is 5.58. The molecule has 3 aromatic rings. The van der Waals surface area contributed by atoms with E-state index in [0.717, 1.165) is 46.1 Å². The van der Waals surface area contributed by atoms with E-state index >= 15 is 0 Å². The predicted molar refractivity (Wildman–Crippen MR) is 85.0 cm³/mol. The van der Waals surface area contributed by atoms with Crippen molar-refractivity contribution in [1.29, 1.82) is 0 Å². The van der Waals surface area contributed by atoms with Crippen LogP contribution in [0.1, 0.15) is 36.6 Å². The second-order valence-electron chi connectivity index (χ2n) is 5.77. The molecule has 22 heavy (non-hydrogen) atoms. The van der Waals surface area contributed by atoms with Crippen LogP contribution in [0.4, 0.5) is 0 Å². The van der Waals surface area contributed by atoms with Crippen molar-refractivity contribution in [2.45, 2.75) is 38.7 Å². The van der Waals surface area contributed by atoms with Crippen molar-refractivity contribution in [2.75, 3.05) is 6.61 Å². The topological polar surface area (TPSA) is 61.0 Å². The molecular formula is C16H17N3O2S. The van der Waals surface area contributed by atoms with E-state index in [1.807, 2.05) is 19.1 Å². The van der Waals surface area contributed by atoms with Gasteiger partial charge in [-0.3, -0.25) is 0 Å². The second kappa shape index (κ2) is 5.44. The van der Waals surface area contributed by atoms with Crippen LogP contribution in [0.5, 0.6) is 0 Å². The molecule has 4 rings (SSSR count). The number of ether oxygens (including phenoxy) is 1. The highest BCUT2D eigenvalue weighted by Gasteiger charge is 2.26. The minimum Gasteiger partial charge on any atom is -0.378 e. The molecule has 2 aromatic heterocycles. The number of aromatic nitrogens is 3. The van der Waals surface area contributed by atoms with Crippen molar-refractivity contribution < 1.29 is 9.26 Å². The summed E-state index contributed by atoms with van der Waals surface area (Å²) in [5, 5.41) is 5.22. The van der Waals surface area contributed by atoms with E-state index in [4.69, 9.17) is 9.26 Å². The van der Waals surface area contributed by atoms with Crippen LogP contribution in [0, 0.1) is 6.92 Å². The molecule has 0 bridgehead atoms. The summed E-state index contributed by atoms with van der Waals surface area (Å²) < 4.78 is 12.2. The van der Waals surface area contributed by atoms with Crippen LogP contribution in [0.25, 0.3) is 21.6 Å². The van der Waals surface area contributed by atoms with Crippen LogP contribution < -0.4 is 0 Å². The van der Waals surface area contributed by atoms with E-state index in [0.29, 0.717) is 11.7 Å². The minimum atomic E-state index is 0.255. The number of hydrogen-bond acceptors (Lipinski definition) is 6. The molecule has 1 aliphatic heterocycles. The summed E-state index contributed by atoms with van der Waals surface area (Å²) >= 11 is 1.68. The van der Waals surface area contributed by atoms with Crippen molar-refractivity contribution in [3.63, 3.8) is 0 Å².